The molecule has 3 rings (SSSR count). The average molecular weight is 330 g/mol. The van der Waals surface area contributed by atoms with Crippen molar-refractivity contribution in [1.29, 1.82) is 0 Å². The van der Waals surface area contributed by atoms with Gasteiger partial charge in [0.15, 0.2) is 17.2 Å². The monoisotopic (exact) mass is 329 g/mol. The van der Waals surface area contributed by atoms with E-state index in [2.05, 4.69) is 21.1 Å². The highest BCUT2D eigenvalue weighted by atomic mass is 79.9. The lowest BCUT2D eigenvalue weighted by molar-refractivity contribution is 0.387. The molecule has 0 unspecified atom stereocenters. The molecule has 0 saturated carbocycles. The van der Waals surface area contributed by atoms with Crippen LogP contribution in [0.1, 0.15) is 5.76 Å². The van der Waals surface area contributed by atoms with E-state index in [1.165, 1.54) is 0 Å². The summed E-state index contributed by atoms with van der Waals surface area (Å²) in [6.07, 6.45) is 0. The highest BCUT2D eigenvalue weighted by molar-refractivity contribution is 9.10. The summed E-state index contributed by atoms with van der Waals surface area (Å²) in [5.41, 5.74) is 1.68. The molecule has 0 spiro atoms. The van der Waals surface area contributed by atoms with E-state index in [4.69, 9.17) is 9.26 Å². The van der Waals surface area contributed by atoms with Gasteiger partial charge in [-0.3, -0.25) is 0 Å². The second-order valence-corrected chi connectivity index (χ2v) is 5.25. The van der Waals surface area contributed by atoms with Crippen LogP contribution in [0.15, 0.2) is 63.6 Å². The Bertz CT molecular complexity index is 705. The van der Waals surface area contributed by atoms with Crippen molar-refractivity contribution in [2.24, 2.45) is 0 Å². The lowest BCUT2D eigenvalue weighted by Crippen LogP contribution is -1.87. The maximum atomic E-state index is 5.91. The minimum Gasteiger partial charge on any atom is -0.451 e. The van der Waals surface area contributed by atoms with Gasteiger partial charge < -0.3 is 9.26 Å². The lowest BCUT2D eigenvalue weighted by atomic mass is 10.1. The van der Waals surface area contributed by atoms with Crippen molar-refractivity contribution in [1.82, 2.24) is 5.16 Å². The Hall–Kier alpha value is -2.07. The van der Waals surface area contributed by atoms with Crippen molar-refractivity contribution < 1.29 is 9.26 Å². The summed E-state index contributed by atoms with van der Waals surface area (Å²) in [6, 6.07) is 17.5. The van der Waals surface area contributed by atoms with E-state index < -0.39 is 0 Å². The molecule has 0 N–H and O–H groups in total. The number of ether oxygens (including phenoxy) is 1. The smallest absolute Gasteiger partial charge is 0.197 e. The van der Waals surface area contributed by atoms with Gasteiger partial charge in [-0.15, -0.1) is 0 Å². The van der Waals surface area contributed by atoms with E-state index in [0.29, 0.717) is 17.2 Å². The molecule has 1 aromatic heterocycles. The van der Waals surface area contributed by atoms with Gasteiger partial charge in [0.25, 0.3) is 0 Å². The molecule has 0 saturated heterocycles. The van der Waals surface area contributed by atoms with Gasteiger partial charge >= 0.3 is 0 Å². The second-order valence-electron chi connectivity index (χ2n) is 4.34. The summed E-state index contributed by atoms with van der Waals surface area (Å²) in [4.78, 5) is 0. The molecule has 0 aliphatic carbocycles. The minimum absolute atomic E-state index is 0.651. The van der Waals surface area contributed by atoms with E-state index in [9.17, 15) is 0 Å². The van der Waals surface area contributed by atoms with Gasteiger partial charge in [0.1, 0.15) is 5.75 Å². The Labute approximate surface area is 125 Å². The van der Waals surface area contributed by atoms with Gasteiger partial charge in [-0.1, -0.05) is 51.4 Å². The molecule has 0 atom stereocenters. The van der Waals surface area contributed by atoms with Crippen molar-refractivity contribution in [3.63, 3.8) is 0 Å². The number of aromatic nitrogens is 1. The molecule has 0 amide bonds. The summed E-state index contributed by atoms with van der Waals surface area (Å²) in [5.74, 6) is 2.06. The number of halogens is 1. The molecule has 3 aromatic rings. The van der Waals surface area contributed by atoms with Gasteiger partial charge in [-0.05, 0) is 24.3 Å². The Kier molecular flexibility index (Phi) is 3.56. The fraction of sp³-hybridized carbons (Fsp3) is 0.0625. The third-order valence-corrected chi connectivity index (χ3v) is 3.42. The van der Waals surface area contributed by atoms with Crippen LogP contribution in [0.2, 0.25) is 0 Å². The topological polar surface area (TPSA) is 35.3 Å². The van der Waals surface area contributed by atoms with Crippen LogP contribution in [0.5, 0.6) is 11.5 Å². The zero-order chi connectivity index (χ0) is 13.9. The van der Waals surface area contributed by atoms with Crippen LogP contribution in [0.4, 0.5) is 0 Å². The van der Waals surface area contributed by atoms with Crippen LogP contribution in [0, 0.1) is 6.92 Å². The normalized spacial score (nSPS) is 10.5. The van der Waals surface area contributed by atoms with Crippen molar-refractivity contribution in [3.8, 4) is 22.8 Å². The molecule has 100 valence electrons. The first-order valence-electron chi connectivity index (χ1n) is 6.19. The zero-order valence-electron chi connectivity index (χ0n) is 10.8. The zero-order valence-corrected chi connectivity index (χ0v) is 12.4. The molecular formula is C16H12BrNO2. The van der Waals surface area contributed by atoms with Crippen LogP contribution < -0.4 is 4.74 Å². The number of nitrogens with zero attached hydrogens (tertiary/aromatic N) is 1. The van der Waals surface area contributed by atoms with E-state index in [1.807, 2.05) is 61.5 Å². The van der Waals surface area contributed by atoms with Crippen LogP contribution in [0.3, 0.4) is 0 Å². The fourth-order valence-electron chi connectivity index (χ4n) is 1.88. The van der Waals surface area contributed by atoms with Gasteiger partial charge in [0.05, 0.1) is 0 Å². The highest BCUT2D eigenvalue weighted by Crippen LogP contribution is 2.35. The molecule has 4 heteroatoms. The molecule has 0 bridgehead atoms. The van der Waals surface area contributed by atoms with E-state index >= 15 is 0 Å². The van der Waals surface area contributed by atoms with Crippen LogP contribution in [-0.4, -0.2) is 5.16 Å². The predicted molar refractivity (Wildman–Crippen MR) is 80.9 cm³/mol. The Morgan fingerprint density at radius 2 is 1.70 bits per heavy atom. The first-order valence-corrected chi connectivity index (χ1v) is 6.98. The fourth-order valence-corrected chi connectivity index (χ4v) is 2.15. The van der Waals surface area contributed by atoms with Gasteiger partial charge in [-0.25, -0.2) is 0 Å². The summed E-state index contributed by atoms with van der Waals surface area (Å²) in [7, 11) is 0. The van der Waals surface area contributed by atoms with Gasteiger partial charge in [-0.2, -0.15) is 0 Å². The molecule has 3 nitrogen and oxygen atoms in total. The van der Waals surface area contributed by atoms with Crippen molar-refractivity contribution in [3.05, 3.63) is 64.8 Å². The van der Waals surface area contributed by atoms with E-state index in [1.54, 1.807) is 0 Å². The second kappa shape index (κ2) is 5.51. The predicted octanol–water partition coefficient (Wildman–Crippen LogP) is 5.20. The summed E-state index contributed by atoms with van der Waals surface area (Å²) in [6.45, 7) is 1.84. The lowest BCUT2D eigenvalue weighted by Gasteiger charge is -2.06. The number of hydrogen-bond acceptors (Lipinski definition) is 3. The van der Waals surface area contributed by atoms with Gasteiger partial charge in [0.2, 0.25) is 0 Å². The van der Waals surface area contributed by atoms with Crippen LogP contribution in [0.25, 0.3) is 11.3 Å². The third kappa shape index (κ3) is 2.60. The largest absolute Gasteiger partial charge is 0.451 e. The molecule has 0 aliphatic heterocycles. The maximum Gasteiger partial charge on any atom is 0.197 e. The third-order valence-electron chi connectivity index (χ3n) is 2.89. The van der Waals surface area contributed by atoms with Crippen LogP contribution in [-0.2, 0) is 0 Å². The van der Waals surface area contributed by atoms with Crippen LogP contribution >= 0.6 is 15.9 Å². The number of rotatable bonds is 3. The maximum absolute atomic E-state index is 5.91. The molecule has 0 aliphatic rings. The standard InChI is InChI=1S/C16H12BrNO2/c1-11-16(19-14-9-7-13(17)8-10-14)15(18-20-11)12-5-3-2-4-6-12/h2-10H,1H3. The minimum atomic E-state index is 0.651. The molecular weight excluding hydrogens is 318 g/mol. The van der Waals surface area contributed by atoms with Gasteiger partial charge in [0, 0.05) is 17.0 Å². The Balaban J connectivity index is 1.97. The highest BCUT2D eigenvalue weighted by Gasteiger charge is 2.16. The Morgan fingerprint density at radius 3 is 2.40 bits per heavy atom. The number of hydrogen-bond donors (Lipinski definition) is 0. The molecule has 0 fully saturated rings. The molecule has 20 heavy (non-hydrogen) atoms. The molecule has 1 heterocycles. The number of aryl methyl sites for hydroxylation is 1. The quantitative estimate of drug-likeness (QED) is 0.662. The van der Waals surface area contributed by atoms with E-state index in [0.717, 1.165) is 15.8 Å². The van der Waals surface area contributed by atoms with Crippen molar-refractivity contribution in [2.75, 3.05) is 0 Å². The van der Waals surface area contributed by atoms with Crippen molar-refractivity contribution >= 4 is 15.9 Å². The van der Waals surface area contributed by atoms with E-state index in [-0.39, 0.29) is 0 Å². The SMILES string of the molecule is Cc1onc(-c2ccccc2)c1Oc1ccc(Br)cc1. The summed E-state index contributed by atoms with van der Waals surface area (Å²) in [5, 5.41) is 4.09. The summed E-state index contributed by atoms with van der Waals surface area (Å²) < 4.78 is 12.2. The Morgan fingerprint density at radius 1 is 1.00 bits per heavy atom. The first-order chi connectivity index (χ1) is 9.74. The summed E-state index contributed by atoms with van der Waals surface area (Å²) >= 11 is 3.40. The number of benzene rings is 2. The van der Waals surface area contributed by atoms with Crippen molar-refractivity contribution in [2.45, 2.75) is 6.92 Å². The molecule has 2 aromatic carbocycles. The molecule has 0 radical (unpaired) electrons. The first kappa shape index (κ1) is 12.9. The average Bonchev–Trinajstić information content (AvgIpc) is 2.84.